The Morgan fingerprint density at radius 3 is 1.31 bits per heavy atom. The molecule has 0 amide bonds. The van der Waals surface area contributed by atoms with Crippen LogP contribution in [0.3, 0.4) is 0 Å². The van der Waals surface area contributed by atoms with Gasteiger partial charge in [-0.15, -0.1) is 5.54 Å². The summed E-state index contributed by atoms with van der Waals surface area (Å²) >= 11 is 0. The van der Waals surface area contributed by atoms with Crippen LogP contribution in [0, 0.1) is 11.2 Å². The maximum Gasteiger partial charge on any atom is 0.146 e. The largest absolute Gasteiger partial charge is 0.146 e. The van der Waals surface area contributed by atoms with Gasteiger partial charge in [0.15, 0.2) is 0 Å². The molecule has 0 aliphatic rings. The molecule has 0 N–H and O–H groups in total. The lowest BCUT2D eigenvalue weighted by molar-refractivity contribution is 0.838. The quantitative estimate of drug-likeness (QED) is 0.345. The van der Waals surface area contributed by atoms with E-state index in [0.29, 0.717) is 16.6 Å². The predicted molar refractivity (Wildman–Crippen MR) is 124 cm³/mol. The fourth-order valence-corrected chi connectivity index (χ4v) is 11.6. The summed E-state index contributed by atoms with van der Waals surface area (Å²) in [5.41, 5.74) is 9.77. The summed E-state index contributed by atoms with van der Waals surface area (Å²) in [5.74, 6) is 0. The number of hydrogen-bond acceptors (Lipinski definition) is 0. The Morgan fingerprint density at radius 1 is 0.654 bits per heavy atom. The molecule has 0 bridgehead atoms. The zero-order valence-electron chi connectivity index (χ0n) is 17.0. The van der Waals surface area contributed by atoms with Gasteiger partial charge in [0.25, 0.3) is 0 Å². The summed E-state index contributed by atoms with van der Waals surface area (Å²) in [7, 11) is -2.32. The lowest BCUT2D eigenvalue weighted by Crippen LogP contribution is -2.43. The molecule has 3 radical (unpaired) electrons. The fraction of sp³-hybridized carbons (Fsp3) is 0.391. The maximum atomic E-state index is 3.95. The molecule has 0 saturated carbocycles. The van der Waals surface area contributed by atoms with Gasteiger partial charge >= 0.3 is 0 Å². The molecule has 0 unspecified atom stereocenters. The van der Waals surface area contributed by atoms with Crippen molar-refractivity contribution >= 4 is 35.0 Å². The molecule has 2 aromatic rings. The zero-order chi connectivity index (χ0) is 18.4. The van der Waals surface area contributed by atoms with E-state index in [1.54, 1.807) is 0 Å². The molecule has 0 saturated heterocycles. The van der Waals surface area contributed by atoms with Crippen molar-refractivity contribution in [2.45, 2.75) is 58.2 Å². The lowest BCUT2D eigenvalue weighted by atomic mass is 10.4. The second-order valence-electron chi connectivity index (χ2n) is 7.64. The molecule has 3 heteroatoms. The van der Waals surface area contributed by atoms with Gasteiger partial charge < -0.3 is 0 Å². The Bertz CT molecular complexity index is 653. The van der Waals surface area contributed by atoms with Gasteiger partial charge in [-0.2, -0.15) is 0 Å². The van der Waals surface area contributed by atoms with Gasteiger partial charge in [0.1, 0.15) is 8.07 Å². The first-order valence-electron chi connectivity index (χ1n) is 9.32. The molecule has 26 heavy (non-hydrogen) atoms. The SMILES string of the molecule is CC(C)[Si](C#CP(c1ccccc1)c1ccccc1)(C(C)C)C(C)C.[B]. The minimum Gasteiger partial charge on any atom is -0.125 e. The van der Waals surface area contributed by atoms with Crippen LogP contribution in [0.4, 0.5) is 0 Å². The van der Waals surface area contributed by atoms with Gasteiger partial charge in [-0.3, -0.25) is 0 Å². The Balaban J connectivity index is 0.00000338. The van der Waals surface area contributed by atoms with Gasteiger partial charge in [-0.05, 0) is 27.2 Å². The molecule has 0 aliphatic carbocycles. The third-order valence-corrected chi connectivity index (χ3v) is 13.7. The van der Waals surface area contributed by atoms with Crippen LogP contribution in [0.5, 0.6) is 0 Å². The number of rotatable bonds is 5. The van der Waals surface area contributed by atoms with Crippen LogP contribution in [0.1, 0.15) is 41.5 Å². The highest BCUT2D eigenvalue weighted by molar-refractivity contribution is 7.77. The smallest absolute Gasteiger partial charge is 0.125 e. The molecule has 0 spiro atoms. The Labute approximate surface area is 165 Å². The standard InChI is InChI=1S/C23H31PSi.B/c1-19(2)25(20(3)4,21(5)6)18-17-24(22-13-9-7-10-14-22)23-15-11-8-12-16-23;/h7-16,19-21H,1-6H3;. The van der Waals surface area contributed by atoms with Gasteiger partial charge in [-0.1, -0.05) is 108 Å². The first-order chi connectivity index (χ1) is 11.9. The summed E-state index contributed by atoms with van der Waals surface area (Å²) < 4.78 is 0. The minimum absolute atomic E-state index is 0. The van der Waals surface area contributed by atoms with E-state index < -0.39 is 16.0 Å². The number of benzene rings is 2. The molecule has 0 heterocycles. The first kappa shape index (κ1) is 22.8. The number of hydrogen-bond donors (Lipinski definition) is 0. The van der Waals surface area contributed by atoms with Crippen molar-refractivity contribution in [1.29, 1.82) is 0 Å². The van der Waals surface area contributed by atoms with Gasteiger partial charge in [0.2, 0.25) is 0 Å². The highest BCUT2D eigenvalue weighted by atomic mass is 31.1. The molecule has 2 aromatic carbocycles. The average Bonchev–Trinajstić information content (AvgIpc) is 2.59. The van der Waals surface area contributed by atoms with E-state index in [2.05, 4.69) is 113 Å². The van der Waals surface area contributed by atoms with E-state index in [9.17, 15) is 0 Å². The first-order valence-corrected chi connectivity index (χ1v) is 12.9. The van der Waals surface area contributed by atoms with Gasteiger partial charge in [0.05, 0.1) is 0 Å². The maximum absolute atomic E-state index is 3.95. The monoisotopic (exact) mass is 377 g/mol. The molecule has 135 valence electrons. The molecular weight excluding hydrogens is 346 g/mol. The third-order valence-electron chi connectivity index (χ3n) is 5.28. The zero-order valence-corrected chi connectivity index (χ0v) is 18.9. The van der Waals surface area contributed by atoms with Crippen LogP contribution in [-0.2, 0) is 0 Å². The summed E-state index contributed by atoms with van der Waals surface area (Å²) in [4.78, 5) is 0. The second-order valence-corrected chi connectivity index (χ2v) is 15.1. The highest BCUT2D eigenvalue weighted by Crippen LogP contribution is 2.42. The summed E-state index contributed by atoms with van der Waals surface area (Å²) in [6.07, 6.45) is 0. The molecule has 2 rings (SSSR count). The second kappa shape index (κ2) is 10.2. The van der Waals surface area contributed by atoms with Crippen LogP contribution in [0.25, 0.3) is 0 Å². The Morgan fingerprint density at radius 2 is 1.00 bits per heavy atom. The highest BCUT2D eigenvalue weighted by Gasteiger charge is 2.41. The van der Waals surface area contributed by atoms with E-state index in [-0.39, 0.29) is 8.41 Å². The van der Waals surface area contributed by atoms with Crippen LogP contribution in [0.15, 0.2) is 60.7 Å². The Kier molecular flexibility index (Phi) is 8.88. The summed E-state index contributed by atoms with van der Waals surface area (Å²) in [6.45, 7) is 14.3. The molecule has 0 aromatic heterocycles. The van der Waals surface area contributed by atoms with Crippen molar-refractivity contribution < 1.29 is 0 Å². The van der Waals surface area contributed by atoms with Gasteiger partial charge in [-0.25, -0.2) is 0 Å². The van der Waals surface area contributed by atoms with Crippen molar-refractivity contribution in [3.05, 3.63) is 60.7 Å². The summed E-state index contributed by atoms with van der Waals surface area (Å²) in [5, 5.41) is 2.71. The third kappa shape index (κ3) is 4.91. The molecule has 0 aliphatic heterocycles. The van der Waals surface area contributed by atoms with Crippen LogP contribution in [-0.4, -0.2) is 16.5 Å². The van der Waals surface area contributed by atoms with Crippen LogP contribution in [0.2, 0.25) is 16.6 Å². The van der Waals surface area contributed by atoms with Crippen molar-refractivity contribution in [2.24, 2.45) is 0 Å². The van der Waals surface area contributed by atoms with Crippen LogP contribution >= 0.6 is 7.92 Å². The van der Waals surface area contributed by atoms with Crippen molar-refractivity contribution in [3.8, 4) is 11.2 Å². The van der Waals surface area contributed by atoms with E-state index in [1.165, 1.54) is 10.6 Å². The van der Waals surface area contributed by atoms with E-state index in [1.807, 2.05) is 0 Å². The van der Waals surface area contributed by atoms with Gasteiger partial charge in [0, 0.05) is 16.3 Å². The molecule has 0 fully saturated rings. The van der Waals surface area contributed by atoms with E-state index >= 15 is 0 Å². The Hall–Kier alpha value is -1.29. The predicted octanol–water partition coefficient (Wildman–Crippen LogP) is 5.92. The van der Waals surface area contributed by atoms with Crippen molar-refractivity contribution in [1.82, 2.24) is 0 Å². The van der Waals surface area contributed by atoms with Crippen LogP contribution < -0.4 is 10.6 Å². The topological polar surface area (TPSA) is 0 Å². The van der Waals surface area contributed by atoms with E-state index in [0.717, 1.165) is 0 Å². The lowest BCUT2D eigenvalue weighted by Gasteiger charge is -2.38. The normalized spacial score (nSPS) is 11.5. The minimum atomic E-state index is -1.70. The van der Waals surface area contributed by atoms with E-state index in [4.69, 9.17) is 0 Å². The summed E-state index contributed by atoms with van der Waals surface area (Å²) in [6, 6.07) is 21.6. The molecular formula is C23H31BPSi. The molecule has 0 nitrogen and oxygen atoms in total. The molecule has 0 atom stereocenters. The average molecular weight is 377 g/mol. The fourth-order valence-electron chi connectivity index (χ4n) is 4.02. The van der Waals surface area contributed by atoms with Crippen molar-refractivity contribution in [2.75, 3.05) is 0 Å². The van der Waals surface area contributed by atoms with Crippen molar-refractivity contribution in [3.63, 3.8) is 0 Å².